The van der Waals surface area contributed by atoms with E-state index in [2.05, 4.69) is 16.0 Å². The largest absolute Gasteiger partial charge is 0.363 e. The second-order valence-corrected chi connectivity index (χ2v) is 4.92. The zero-order valence-electron chi connectivity index (χ0n) is 11.3. The Labute approximate surface area is 108 Å². The molecule has 0 radical (unpaired) electrons. The lowest BCUT2D eigenvalue weighted by molar-refractivity contribution is -0.138. The number of ether oxygens (including phenoxy) is 1. The van der Waals surface area contributed by atoms with E-state index in [4.69, 9.17) is 4.74 Å². The Kier molecular flexibility index (Phi) is 5.55. The van der Waals surface area contributed by atoms with Crippen LogP contribution in [0.4, 0.5) is 0 Å². The van der Waals surface area contributed by atoms with E-state index in [1.807, 2.05) is 13.8 Å². The third kappa shape index (κ3) is 4.62. The van der Waals surface area contributed by atoms with Gasteiger partial charge in [-0.05, 0) is 20.3 Å². The van der Waals surface area contributed by atoms with Crippen molar-refractivity contribution >= 4 is 11.8 Å². The predicted octanol–water partition coefficient (Wildman–Crippen LogP) is -0.604. The van der Waals surface area contributed by atoms with Gasteiger partial charge in [-0.25, -0.2) is 0 Å². The summed E-state index contributed by atoms with van der Waals surface area (Å²) in [5, 5.41) is 8.43. The molecule has 0 spiro atoms. The van der Waals surface area contributed by atoms with Crippen LogP contribution in [0.25, 0.3) is 0 Å². The number of hydrogen-bond acceptors (Lipinski definition) is 4. The Balaban J connectivity index is 2.20. The molecule has 6 nitrogen and oxygen atoms in total. The van der Waals surface area contributed by atoms with Crippen LogP contribution in [0.5, 0.6) is 0 Å². The molecule has 1 fully saturated rings. The van der Waals surface area contributed by atoms with E-state index in [9.17, 15) is 9.59 Å². The maximum Gasteiger partial charge on any atom is 0.246 e. The Morgan fingerprint density at radius 2 is 2.11 bits per heavy atom. The van der Waals surface area contributed by atoms with Crippen LogP contribution in [0.2, 0.25) is 0 Å². The van der Waals surface area contributed by atoms with Crippen LogP contribution in [-0.2, 0) is 14.3 Å². The summed E-state index contributed by atoms with van der Waals surface area (Å²) in [5.41, 5.74) is -0.245. The second kappa shape index (κ2) is 6.70. The maximum absolute atomic E-state index is 11.6. The molecule has 6 heteroatoms. The van der Waals surface area contributed by atoms with Gasteiger partial charge in [0.05, 0.1) is 5.60 Å². The van der Waals surface area contributed by atoms with Crippen molar-refractivity contribution in [1.82, 2.24) is 16.0 Å². The molecule has 1 unspecified atom stereocenters. The molecule has 1 aliphatic rings. The number of hydrogen-bond donors (Lipinski definition) is 3. The molecule has 1 heterocycles. The van der Waals surface area contributed by atoms with E-state index >= 15 is 0 Å². The molecule has 0 aromatic carbocycles. The van der Waals surface area contributed by atoms with Gasteiger partial charge in [0.1, 0.15) is 12.6 Å². The van der Waals surface area contributed by atoms with Gasteiger partial charge in [0.15, 0.2) is 0 Å². The maximum atomic E-state index is 11.6. The molecule has 3 N–H and O–H groups in total. The third-order valence-corrected chi connectivity index (χ3v) is 2.87. The van der Waals surface area contributed by atoms with Gasteiger partial charge in [-0.3, -0.25) is 9.59 Å². The van der Waals surface area contributed by atoms with Crippen molar-refractivity contribution < 1.29 is 14.3 Å². The van der Waals surface area contributed by atoms with Crippen molar-refractivity contribution in [1.29, 1.82) is 0 Å². The number of nitrogens with one attached hydrogen (secondary N) is 3. The van der Waals surface area contributed by atoms with Crippen LogP contribution in [-0.4, -0.2) is 49.7 Å². The average molecular weight is 257 g/mol. The summed E-state index contributed by atoms with van der Waals surface area (Å²) >= 11 is 0. The molecule has 2 amide bonds. The topological polar surface area (TPSA) is 79.5 Å². The van der Waals surface area contributed by atoms with Crippen LogP contribution in [0.15, 0.2) is 0 Å². The van der Waals surface area contributed by atoms with Crippen LogP contribution in [0.3, 0.4) is 0 Å². The number of carbonyl (C=O) groups is 2. The molecular weight excluding hydrogens is 234 g/mol. The first-order valence-electron chi connectivity index (χ1n) is 6.38. The molecule has 1 saturated heterocycles. The first-order valence-corrected chi connectivity index (χ1v) is 6.38. The Morgan fingerprint density at radius 3 is 2.61 bits per heavy atom. The first kappa shape index (κ1) is 14.9. The Hall–Kier alpha value is -1.14. The highest BCUT2D eigenvalue weighted by atomic mass is 16.5. The standard InChI is InChI=1S/C12H23N3O3/c1-4-5-14-11(17)9(2)15-10(16)6-18-12(3)7-13-8-12/h9,13H,4-8H2,1-3H3,(H,14,17)(H,15,16). The third-order valence-electron chi connectivity index (χ3n) is 2.87. The summed E-state index contributed by atoms with van der Waals surface area (Å²) in [4.78, 5) is 23.1. The van der Waals surface area contributed by atoms with Crippen LogP contribution >= 0.6 is 0 Å². The van der Waals surface area contributed by atoms with Crippen molar-refractivity contribution in [2.75, 3.05) is 26.2 Å². The van der Waals surface area contributed by atoms with Crippen molar-refractivity contribution in [3.63, 3.8) is 0 Å². The van der Waals surface area contributed by atoms with Gasteiger partial charge in [-0.15, -0.1) is 0 Å². The quantitative estimate of drug-likeness (QED) is 0.569. The minimum atomic E-state index is -0.528. The van der Waals surface area contributed by atoms with E-state index in [0.29, 0.717) is 6.54 Å². The molecule has 0 aromatic heterocycles. The predicted molar refractivity (Wildman–Crippen MR) is 68.1 cm³/mol. The van der Waals surface area contributed by atoms with E-state index in [1.165, 1.54) is 0 Å². The molecule has 0 bridgehead atoms. The first-order chi connectivity index (χ1) is 8.47. The summed E-state index contributed by atoms with van der Waals surface area (Å²) in [5.74, 6) is -0.427. The highest BCUT2D eigenvalue weighted by Crippen LogP contribution is 2.14. The number of carbonyl (C=O) groups excluding carboxylic acids is 2. The van der Waals surface area contributed by atoms with Gasteiger partial charge >= 0.3 is 0 Å². The molecule has 1 rings (SSSR count). The van der Waals surface area contributed by atoms with Gasteiger partial charge < -0.3 is 20.7 Å². The molecule has 104 valence electrons. The number of rotatable bonds is 7. The average Bonchev–Trinajstić information content (AvgIpc) is 2.30. The summed E-state index contributed by atoms with van der Waals surface area (Å²) in [7, 11) is 0. The van der Waals surface area contributed by atoms with E-state index in [1.54, 1.807) is 6.92 Å². The van der Waals surface area contributed by atoms with Gasteiger partial charge in [-0.2, -0.15) is 0 Å². The van der Waals surface area contributed by atoms with E-state index in [-0.39, 0.29) is 24.0 Å². The van der Waals surface area contributed by atoms with Crippen LogP contribution < -0.4 is 16.0 Å². The zero-order valence-corrected chi connectivity index (χ0v) is 11.3. The normalized spacial score (nSPS) is 18.6. The van der Waals surface area contributed by atoms with Crippen molar-refractivity contribution in [2.24, 2.45) is 0 Å². The number of amides is 2. The van der Waals surface area contributed by atoms with Gasteiger partial charge in [0.25, 0.3) is 0 Å². The monoisotopic (exact) mass is 257 g/mol. The fraction of sp³-hybridized carbons (Fsp3) is 0.833. The lowest BCUT2D eigenvalue weighted by Gasteiger charge is -2.38. The molecule has 0 saturated carbocycles. The zero-order chi connectivity index (χ0) is 13.6. The summed E-state index contributed by atoms with van der Waals surface area (Å²) in [6.07, 6.45) is 0.876. The van der Waals surface area contributed by atoms with Crippen molar-refractivity contribution in [2.45, 2.75) is 38.8 Å². The summed E-state index contributed by atoms with van der Waals surface area (Å²) in [6, 6.07) is -0.528. The van der Waals surface area contributed by atoms with Gasteiger partial charge in [0, 0.05) is 19.6 Å². The Bertz CT molecular complexity index is 303. The van der Waals surface area contributed by atoms with E-state index < -0.39 is 6.04 Å². The highest BCUT2D eigenvalue weighted by molar-refractivity contribution is 5.87. The van der Waals surface area contributed by atoms with E-state index in [0.717, 1.165) is 19.5 Å². The Morgan fingerprint density at radius 1 is 1.44 bits per heavy atom. The molecule has 18 heavy (non-hydrogen) atoms. The molecule has 1 atom stereocenters. The minimum absolute atomic E-state index is 0.0103. The fourth-order valence-electron chi connectivity index (χ4n) is 1.57. The smallest absolute Gasteiger partial charge is 0.246 e. The highest BCUT2D eigenvalue weighted by Gasteiger charge is 2.33. The fourth-order valence-corrected chi connectivity index (χ4v) is 1.57. The van der Waals surface area contributed by atoms with Crippen molar-refractivity contribution in [3.8, 4) is 0 Å². The molecule has 0 aromatic rings. The summed E-state index contributed by atoms with van der Waals surface area (Å²) in [6.45, 7) is 7.72. The SMILES string of the molecule is CCCNC(=O)C(C)NC(=O)COC1(C)CNC1. The lowest BCUT2D eigenvalue weighted by Crippen LogP contribution is -2.60. The van der Waals surface area contributed by atoms with Crippen molar-refractivity contribution in [3.05, 3.63) is 0 Å². The molecule has 0 aliphatic carbocycles. The molecule has 1 aliphatic heterocycles. The van der Waals surface area contributed by atoms with Gasteiger partial charge in [0.2, 0.25) is 11.8 Å². The molecular formula is C12H23N3O3. The summed E-state index contributed by atoms with van der Waals surface area (Å²) < 4.78 is 5.48. The van der Waals surface area contributed by atoms with Gasteiger partial charge in [-0.1, -0.05) is 6.92 Å². The lowest BCUT2D eigenvalue weighted by atomic mass is 10.0. The van der Waals surface area contributed by atoms with Crippen LogP contribution in [0.1, 0.15) is 27.2 Å². The van der Waals surface area contributed by atoms with Crippen LogP contribution in [0, 0.1) is 0 Å². The second-order valence-electron chi connectivity index (χ2n) is 4.92. The minimum Gasteiger partial charge on any atom is -0.363 e.